The summed E-state index contributed by atoms with van der Waals surface area (Å²) in [5.74, 6) is 1.58. The molecular weight excluding hydrogens is 222 g/mol. The molecule has 0 amide bonds. The normalized spacial score (nSPS) is 15.2. The first-order valence-electron chi connectivity index (χ1n) is 5.56. The zero-order valence-corrected chi connectivity index (χ0v) is 10.7. The number of nitrogens with zero attached hydrogens (tertiary/aromatic N) is 1. The Hall–Kier alpha value is -0.900. The van der Waals surface area contributed by atoms with Crippen LogP contribution < -0.4 is 9.47 Å². The lowest BCUT2D eigenvalue weighted by atomic mass is 10.4. The summed E-state index contributed by atoms with van der Waals surface area (Å²) in [4.78, 5) is 4.30. The van der Waals surface area contributed by atoms with Crippen LogP contribution in [0.4, 0.5) is 0 Å². The molecule has 1 aromatic heterocycles. The van der Waals surface area contributed by atoms with E-state index in [-0.39, 0.29) is 6.10 Å². The molecule has 4 heteroatoms. The van der Waals surface area contributed by atoms with Gasteiger partial charge in [0, 0.05) is 6.07 Å². The predicted molar refractivity (Wildman–Crippen MR) is 65.4 cm³/mol. The maximum atomic E-state index is 5.76. The molecule has 1 heterocycles. The maximum absolute atomic E-state index is 5.76. The summed E-state index contributed by atoms with van der Waals surface area (Å²) in [5, 5.41) is 0.957. The van der Waals surface area contributed by atoms with E-state index in [9.17, 15) is 0 Å². The summed E-state index contributed by atoms with van der Waals surface area (Å²) in [5.41, 5.74) is 0. The Morgan fingerprint density at radius 1 is 1.38 bits per heavy atom. The van der Waals surface area contributed by atoms with Gasteiger partial charge in [0.2, 0.25) is 0 Å². The van der Waals surface area contributed by atoms with E-state index >= 15 is 0 Å². The molecule has 0 unspecified atom stereocenters. The van der Waals surface area contributed by atoms with Gasteiger partial charge in [-0.3, -0.25) is 0 Å². The van der Waals surface area contributed by atoms with Crippen LogP contribution in [-0.2, 0) is 0 Å². The van der Waals surface area contributed by atoms with Crippen LogP contribution >= 0.6 is 11.8 Å². The molecule has 0 radical (unpaired) electrons. The Kier molecular flexibility index (Phi) is 3.59. The highest BCUT2D eigenvalue weighted by Crippen LogP contribution is 2.35. The van der Waals surface area contributed by atoms with Gasteiger partial charge in [-0.25, -0.2) is 4.98 Å². The fraction of sp³-hybridized carbons (Fsp3) is 0.583. The fourth-order valence-corrected chi connectivity index (χ4v) is 1.70. The molecule has 0 aromatic carbocycles. The van der Waals surface area contributed by atoms with Gasteiger partial charge in [-0.15, -0.1) is 11.8 Å². The number of aromatic nitrogens is 1. The topological polar surface area (TPSA) is 31.4 Å². The van der Waals surface area contributed by atoms with Crippen LogP contribution in [0.2, 0.25) is 0 Å². The smallest absolute Gasteiger partial charge is 0.179 e. The molecule has 1 aliphatic rings. The molecule has 2 rings (SSSR count). The minimum atomic E-state index is 0.152. The standard InChI is InChI=1S/C12H17NO2S/c1-8(2)14-10-6-12(16-3)13-7-11(10)15-9-4-5-9/h6-9H,4-5H2,1-3H3. The van der Waals surface area contributed by atoms with Crippen LogP contribution in [0.1, 0.15) is 26.7 Å². The minimum Gasteiger partial charge on any atom is -0.487 e. The molecule has 1 aromatic rings. The molecule has 0 bridgehead atoms. The van der Waals surface area contributed by atoms with Crippen molar-refractivity contribution < 1.29 is 9.47 Å². The van der Waals surface area contributed by atoms with Crippen LogP contribution in [-0.4, -0.2) is 23.4 Å². The van der Waals surface area contributed by atoms with E-state index in [4.69, 9.17) is 9.47 Å². The first-order valence-corrected chi connectivity index (χ1v) is 6.79. The van der Waals surface area contributed by atoms with Crippen LogP contribution in [0.5, 0.6) is 11.5 Å². The van der Waals surface area contributed by atoms with Crippen molar-refractivity contribution in [3.05, 3.63) is 12.3 Å². The Morgan fingerprint density at radius 3 is 2.69 bits per heavy atom. The Balaban J connectivity index is 2.18. The second-order valence-corrected chi connectivity index (χ2v) is 4.98. The number of thioether (sulfide) groups is 1. The van der Waals surface area contributed by atoms with E-state index in [1.807, 2.05) is 26.2 Å². The SMILES string of the molecule is CSc1cc(OC(C)C)c(OC2CC2)cn1. The zero-order valence-electron chi connectivity index (χ0n) is 9.90. The Bertz CT molecular complexity index is 364. The van der Waals surface area contributed by atoms with E-state index in [0.717, 1.165) is 29.4 Å². The van der Waals surface area contributed by atoms with Crippen molar-refractivity contribution in [2.75, 3.05) is 6.26 Å². The quantitative estimate of drug-likeness (QED) is 0.739. The number of hydrogen-bond acceptors (Lipinski definition) is 4. The number of rotatable bonds is 5. The van der Waals surface area contributed by atoms with Crippen LogP contribution in [0, 0.1) is 0 Å². The summed E-state index contributed by atoms with van der Waals surface area (Å²) >= 11 is 1.61. The lowest BCUT2D eigenvalue weighted by Crippen LogP contribution is -2.08. The molecule has 0 aliphatic heterocycles. The third-order valence-electron chi connectivity index (χ3n) is 2.20. The Labute approximate surface area is 101 Å². The van der Waals surface area contributed by atoms with Crippen molar-refractivity contribution in [2.45, 2.75) is 43.9 Å². The monoisotopic (exact) mass is 239 g/mol. The molecule has 0 atom stereocenters. The molecule has 0 spiro atoms. The molecule has 0 N–H and O–H groups in total. The van der Waals surface area contributed by atoms with Gasteiger partial charge >= 0.3 is 0 Å². The molecule has 1 saturated carbocycles. The van der Waals surface area contributed by atoms with E-state index in [2.05, 4.69) is 4.98 Å². The third kappa shape index (κ3) is 3.04. The van der Waals surface area contributed by atoms with Gasteiger partial charge in [0.1, 0.15) is 0 Å². The highest BCUT2D eigenvalue weighted by Gasteiger charge is 2.25. The summed E-state index contributed by atoms with van der Waals surface area (Å²) < 4.78 is 11.5. The van der Waals surface area contributed by atoms with Crippen LogP contribution in [0.25, 0.3) is 0 Å². The van der Waals surface area contributed by atoms with E-state index < -0.39 is 0 Å². The summed E-state index contributed by atoms with van der Waals surface area (Å²) in [6, 6.07) is 1.95. The average molecular weight is 239 g/mol. The first kappa shape index (κ1) is 11.6. The number of pyridine rings is 1. The summed E-state index contributed by atoms with van der Waals surface area (Å²) in [6.07, 6.45) is 6.58. The fourth-order valence-electron chi connectivity index (χ4n) is 1.32. The lowest BCUT2D eigenvalue weighted by molar-refractivity contribution is 0.216. The van der Waals surface area contributed by atoms with E-state index in [1.165, 1.54) is 0 Å². The van der Waals surface area contributed by atoms with E-state index in [0.29, 0.717) is 6.10 Å². The predicted octanol–water partition coefficient (Wildman–Crippen LogP) is 3.13. The Morgan fingerprint density at radius 2 is 2.12 bits per heavy atom. The second-order valence-electron chi connectivity index (χ2n) is 4.16. The average Bonchev–Trinajstić information content (AvgIpc) is 3.03. The third-order valence-corrected chi connectivity index (χ3v) is 2.84. The van der Waals surface area contributed by atoms with Gasteiger partial charge in [0.15, 0.2) is 11.5 Å². The van der Waals surface area contributed by atoms with E-state index in [1.54, 1.807) is 18.0 Å². The van der Waals surface area contributed by atoms with Gasteiger partial charge in [0.05, 0.1) is 23.4 Å². The number of ether oxygens (including phenoxy) is 2. The largest absolute Gasteiger partial charge is 0.487 e. The summed E-state index contributed by atoms with van der Waals surface area (Å²) in [6.45, 7) is 4.03. The molecule has 16 heavy (non-hydrogen) atoms. The van der Waals surface area contributed by atoms with Crippen molar-refractivity contribution in [3.8, 4) is 11.5 Å². The minimum absolute atomic E-state index is 0.152. The van der Waals surface area contributed by atoms with Crippen molar-refractivity contribution in [1.29, 1.82) is 0 Å². The maximum Gasteiger partial charge on any atom is 0.179 e. The lowest BCUT2D eigenvalue weighted by Gasteiger charge is -2.15. The van der Waals surface area contributed by atoms with Gasteiger partial charge in [-0.1, -0.05) is 0 Å². The zero-order chi connectivity index (χ0) is 11.5. The molecule has 0 saturated heterocycles. The van der Waals surface area contributed by atoms with Gasteiger partial charge in [0.25, 0.3) is 0 Å². The highest BCUT2D eigenvalue weighted by molar-refractivity contribution is 7.98. The molecule has 88 valence electrons. The molecular formula is C12H17NO2S. The van der Waals surface area contributed by atoms with Crippen LogP contribution in [0.3, 0.4) is 0 Å². The summed E-state index contributed by atoms with van der Waals surface area (Å²) in [7, 11) is 0. The van der Waals surface area contributed by atoms with Crippen molar-refractivity contribution in [2.24, 2.45) is 0 Å². The highest BCUT2D eigenvalue weighted by atomic mass is 32.2. The molecule has 1 fully saturated rings. The first-order chi connectivity index (χ1) is 7.69. The second kappa shape index (κ2) is 4.95. The number of hydrogen-bond donors (Lipinski definition) is 0. The van der Waals surface area contributed by atoms with Gasteiger partial charge in [-0.2, -0.15) is 0 Å². The van der Waals surface area contributed by atoms with Crippen molar-refractivity contribution in [3.63, 3.8) is 0 Å². The van der Waals surface area contributed by atoms with Crippen molar-refractivity contribution >= 4 is 11.8 Å². The molecule has 1 aliphatic carbocycles. The van der Waals surface area contributed by atoms with Crippen molar-refractivity contribution in [1.82, 2.24) is 4.98 Å². The molecule has 3 nitrogen and oxygen atoms in total. The van der Waals surface area contributed by atoms with Gasteiger partial charge in [-0.05, 0) is 32.9 Å². The van der Waals surface area contributed by atoms with Gasteiger partial charge < -0.3 is 9.47 Å². The van der Waals surface area contributed by atoms with Crippen LogP contribution in [0.15, 0.2) is 17.3 Å².